The highest BCUT2D eigenvalue weighted by molar-refractivity contribution is 5.92. The quantitative estimate of drug-likeness (QED) is 0.318. The average molecular weight is 376 g/mol. The van der Waals surface area contributed by atoms with Crippen molar-refractivity contribution < 1.29 is 34.0 Å². The third-order valence-electron chi connectivity index (χ3n) is 6.75. The van der Waals surface area contributed by atoms with E-state index in [1.165, 1.54) is 0 Å². The molecule has 4 aliphatic rings. The minimum atomic E-state index is -1.68. The summed E-state index contributed by atoms with van der Waals surface area (Å²) >= 11 is 0. The van der Waals surface area contributed by atoms with Crippen LogP contribution in [-0.4, -0.2) is 57.8 Å². The Bertz CT molecular complexity index is 798. The van der Waals surface area contributed by atoms with Gasteiger partial charge >= 0.3 is 11.9 Å². The van der Waals surface area contributed by atoms with E-state index in [4.69, 9.17) is 14.2 Å². The fourth-order valence-corrected chi connectivity index (χ4v) is 5.05. The zero-order valence-electron chi connectivity index (χ0n) is 15.6. The normalized spacial score (nSPS) is 48.3. The molecule has 7 nitrogen and oxygen atoms in total. The zero-order chi connectivity index (χ0) is 19.9. The third kappa shape index (κ3) is 2.13. The molecule has 0 aromatic heterocycles. The first-order valence-corrected chi connectivity index (χ1v) is 9.07. The van der Waals surface area contributed by atoms with Crippen molar-refractivity contribution in [1.29, 1.82) is 0 Å². The van der Waals surface area contributed by atoms with Crippen LogP contribution in [0.3, 0.4) is 0 Å². The van der Waals surface area contributed by atoms with E-state index >= 15 is 0 Å². The zero-order valence-corrected chi connectivity index (χ0v) is 15.6. The van der Waals surface area contributed by atoms with Crippen LogP contribution in [0, 0.1) is 11.8 Å². The minimum Gasteiger partial charge on any atom is -0.458 e. The van der Waals surface area contributed by atoms with Crippen LogP contribution in [0.1, 0.15) is 27.2 Å². The molecule has 2 saturated carbocycles. The maximum Gasteiger partial charge on any atom is 0.334 e. The molecule has 0 amide bonds. The number of epoxide rings is 1. The van der Waals surface area contributed by atoms with Crippen molar-refractivity contribution in [2.24, 2.45) is 11.8 Å². The van der Waals surface area contributed by atoms with Crippen LogP contribution in [0.5, 0.6) is 0 Å². The summed E-state index contributed by atoms with van der Waals surface area (Å²) in [6, 6.07) is 0. The van der Waals surface area contributed by atoms with Crippen molar-refractivity contribution in [2.75, 3.05) is 0 Å². The van der Waals surface area contributed by atoms with Crippen LogP contribution in [-0.2, 0) is 23.8 Å². The van der Waals surface area contributed by atoms with E-state index in [1.54, 1.807) is 26.8 Å². The Morgan fingerprint density at radius 3 is 2.67 bits per heavy atom. The number of carbonyl (C=O) groups is 2. The van der Waals surface area contributed by atoms with Gasteiger partial charge in [0.05, 0.1) is 12.0 Å². The highest BCUT2D eigenvalue weighted by atomic mass is 16.7. The molecule has 4 rings (SSSR count). The van der Waals surface area contributed by atoms with Crippen LogP contribution in [0.25, 0.3) is 0 Å². The summed E-state index contributed by atoms with van der Waals surface area (Å²) in [6.45, 7) is 12.9. The summed E-state index contributed by atoms with van der Waals surface area (Å²) in [5.41, 5.74) is -1.64. The molecule has 4 fully saturated rings. The van der Waals surface area contributed by atoms with E-state index in [0.29, 0.717) is 11.1 Å². The molecule has 0 bridgehead atoms. The monoisotopic (exact) mass is 376 g/mol. The number of rotatable bonds is 2. The Morgan fingerprint density at radius 2 is 2.04 bits per heavy atom. The summed E-state index contributed by atoms with van der Waals surface area (Å²) in [6.07, 6.45) is -1.54. The summed E-state index contributed by atoms with van der Waals surface area (Å²) in [5, 5.41) is 22.4. The minimum absolute atomic E-state index is 0.139. The lowest BCUT2D eigenvalue weighted by Gasteiger charge is -2.40. The number of hydrogen-bond donors (Lipinski definition) is 2. The van der Waals surface area contributed by atoms with Gasteiger partial charge in [-0.15, -0.1) is 0 Å². The van der Waals surface area contributed by atoms with E-state index < -0.39 is 59.4 Å². The van der Waals surface area contributed by atoms with Gasteiger partial charge in [-0.25, -0.2) is 9.59 Å². The Morgan fingerprint density at radius 1 is 1.37 bits per heavy atom. The van der Waals surface area contributed by atoms with Crippen molar-refractivity contribution in [3.8, 4) is 0 Å². The number of carbonyl (C=O) groups excluding carboxylic acids is 2. The highest BCUT2D eigenvalue weighted by Gasteiger charge is 2.83. The van der Waals surface area contributed by atoms with E-state index in [9.17, 15) is 19.8 Å². The summed E-state index contributed by atoms with van der Waals surface area (Å²) in [5.74, 6) is -2.66. The topological polar surface area (TPSA) is 106 Å². The first kappa shape index (κ1) is 18.4. The van der Waals surface area contributed by atoms with Gasteiger partial charge in [0.2, 0.25) is 0 Å². The first-order chi connectivity index (χ1) is 12.6. The number of esters is 2. The molecular weight excluding hydrogens is 352 g/mol. The lowest BCUT2D eigenvalue weighted by molar-refractivity contribution is -0.185. The fourth-order valence-electron chi connectivity index (χ4n) is 5.05. The van der Waals surface area contributed by atoms with Crippen molar-refractivity contribution in [3.63, 3.8) is 0 Å². The van der Waals surface area contributed by atoms with E-state index in [-0.39, 0.29) is 12.0 Å². The molecule has 0 spiro atoms. The Hall–Kier alpha value is -1.96. The van der Waals surface area contributed by atoms with Crippen molar-refractivity contribution in [2.45, 2.75) is 62.8 Å². The number of aliphatic hydroxyl groups excluding tert-OH is 1. The molecule has 0 unspecified atom stereocenters. The average Bonchev–Trinajstić information content (AvgIpc) is 3.20. The van der Waals surface area contributed by atoms with Crippen molar-refractivity contribution in [3.05, 3.63) is 36.0 Å². The van der Waals surface area contributed by atoms with Crippen LogP contribution in [0.4, 0.5) is 0 Å². The lowest BCUT2D eigenvalue weighted by atomic mass is 9.73. The van der Waals surface area contributed by atoms with Crippen LogP contribution < -0.4 is 0 Å². The van der Waals surface area contributed by atoms with Gasteiger partial charge in [-0.1, -0.05) is 24.8 Å². The molecule has 27 heavy (non-hydrogen) atoms. The van der Waals surface area contributed by atoms with Crippen molar-refractivity contribution >= 4 is 11.9 Å². The molecule has 2 aliphatic heterocycles. The second-order valence-corrected chi connectivity index (χ2v) is 8.09. The van der Waals surface area contributed by atoms with Gasteiger partial charge < -0.3 is 24.4 Å². The largest absolute Gasteiger partial charge is 0.458 e. The number of ether oxygens (including phenoxy) is 3. The molecule has 0 radical (unpaired) electrons. The number of allylic oxidation sites excluding steroid dienone is 1. The molecule has 2 saturated heterocycles. The smallest absolute Gasteiger partial charge is 0.334 e. The maximum absolute atomic E-state index is 12.4. The molecule has 2 heterocycles. The first-order valence-electron chi connectivity index (χ1n) is 9.07. The number of hydrogen-bond acceptors (Lipinski definition) is 7. The van der Waals surface area contributed by atoms with Gasteiger partial charge in [-0.3, -0.25) is 0 Å². The fraction of sp³-hybridized carbons (Fsp3) is 0.600. The van der Waals surface area contributed by atoms with Gasteiger partial charge in [0.25, 0.3) is 0 Å². The molecule has 8 atom stereocenters. The predicted octanol–water partition coefficient (Wildman–Crippen LogP) is 0.801. The van der Waals surface area contributed by atoms with Crippen molar-refractivity contribution in [1.82, 2.24) is 0 Å². The standard InChI is InChI=1S/C20H24O7/c1-6-8(2)17(22)25-11-7-9(3)13-14(21)16-19(5,27-16)20(13,24)15-12(11)10(4)18(23)26-15/h6,11-16,21,24H,3-4,7H2,1-2,5H3/t11-,12-,13-,14+,15+,16-,19-,20-/m1/s1. The van der Waals surface area contributed by atoms with Gasteiger partial charge in [0, 0.05) is 23.5 Å². The number of fused-ring (bicyclic) bond motifs is 5. The Balaban J connectivity index is 1.78. The van der Waals surface area contributed by atoms with Crippen LogP contribution in [0.2, 0.25) is 0 Å². The van der Waals surface area contributed by atoms with E-state index in [0.717, 1.165) is 0 Å². The number of aliphatic hydroxyl groups is 2. The van der Waals surface area contributed by atoms with Gasteiger partial charge in [0.1, 0.15) is 29.5 Å². The lowest BCUT2D eigenvalue weighted by Crippen LogP contribution is -2.59. The van der Waals surface area contributed by atoms with Gasteiger partial charge in [-0.05, 0) is 20.8 Å². The molecule has 0 aromatic rings. The highest BCUT2D eigenvalue weighted by Crippen LogP contribution is 2.65. The van der Waals surface area contributed by atoms with Gasteiger partial charge in [0.15, 0.2) is 0 Å². The Kier molecular flexibility index (Phi) is 3.77. The second-order valence-electron chi connectivity index (χ2n) is 8.09. The summed E-state index contributed by atoms with van der Waals surface area (Å²) in [7, 11) is 0. The molecular formula is C20H24O7. The predicted molar refractivity (Wildman–Crippen MR) is 93.3 cm³/mol. The molecule has 0 aromatic carbocycles. The molecule has 146 valence electrons. The van der Waals surface area contributed by atoms with Crippen LogP contribution >= 0.6 is 0 Å². The molecule has 7 heteroatoms. The summed E-state index contributed by atoms with van der Waals surface area (Å²) in [4.78, 5) is 24.6. The van der Waals surface area contributed by atoms with Gasteiger partial charge in [-0.2, -0.15) is 0 Å². The SMILES string of the molecule is C=C1C(=O)O[C@H]2[C@H]1[C@H](OC(=O)C(C)=CC)CC(=C)[C@@H]1[C@H](O)[C@H]3O[C@@]3(C)[C@@]12O. The summed E-state index contributed by atoms with van der Waals surface area (Å²) < 4.78 is 16.8. The third-order valence-corrected chi connectivity index (χ3v) is 6.75. The van der Waals surface area contributed by atoms with Crippen LogP contribution in [0.15, 0.2) is 36.0 Å². The molecule has 2 N–H and O–H groups in total. The second kappa shape index (κ2) is 5.53. The molecule has 2 aliphatic carbocycles. The van der Waals surface area contributed by atoms with E-state index in [2.05, 4.69) is 13.2 Å². The maximum atomic E-state index is 12.4. The Labute approximate surface area is 157 Å². The van der Waals surface area contributed by atoms with E-state index in [1.807, 2.05) is 0 Å².